The predicted molar refractivity (Wildman–Crippen MR) is 118 cm³/mol. The molecule has 2 fully saturated rings. The average molecular weight is 549 g/mol. The lowest BCUT2D eigenvalue weighted by atomic mass is 9.96. The normalized spacial score (nSPS) is 37.0. The van der Waals surface area contributed by atoms with E-state index in [2.05, 4.69) is 10.3 Å². The second-order valence-corrected chi connectivity index (χ2v) is 10.2. The van der Waals surface area contributed by atoms with Gasteiger partial charge in [-0.25, -0.2) is 18.2 Å². The van der Waals surface area contributed by atoms with E-state index < -0.39 is 84.6 Å². The highest BCUT2D eigenvalue weighted by atomic mass is 32.2. The van der Waals surface area contributed by atoms with Crippen LogP contribution in [0.3, 0.4) is 0 Å². The summed E-state index contributed by atoms with van der Waals surface area (Å²) in [4.78, 5) is -0.103. The van der Waals surface area contributed by atoms with E-state index in [0.29, 0.717) is 5.56 Å². The molecule has 17 heteroatoms. The summed E-state index contributed by atoms with van der Waals surface area (Å²) in [5.74, 6) is 0. The Morgan fingerprint density at radius 1 is 0.892 bits per heavy atom. The van der Waals surface area contributed by atoms with Crippen LogP contribution in [0, 0.1) is 0 Å². The average Bonchev–Trinajstić information content (AvgIpc) is 3.36. The van der Waals surface area contributed by atoms with Crippen molar-refractivity contribution in [3.05, 3.63) is 30.5 Å². The van der Waals surface area contributed by atoms with E-state index in [0.717, 1.165) is 4.68 Å². The quantitative estimate of drug-likeness (QED) is 0.162. The molecule has 0 saturated carbocycles. The lowest BCUT2D eigenvalue weighted by Crippen LogP contribution is -2.63. The van der Waals surface area contributed by atoms with Crippen molar-refractivity contribution in [2.45, 2.75) is 66.2 Å². The summed E-state index contributed by atoms with van der Waals surface area (Å²) in [7, 11) is -3.89. The molecule has 206 valence electrons. The first-order chi connectivity index (χ1) is 17.5. The predicted octanol–water partition coefficient (Wildman–Crippen LogP) is -4.61. The number of aliphatic hydroxyl groups is 7. The van der Waals surface area contributed by atoms with Gasteiger partial charge in [0, 0.05) is 5.56 Å². The van der Waals surface area contributed by atoms with Crippen LogP contribution < -0.4 is 5.14 Å². The molecule has 0 amide bonds. The standard InChI is InChI=1S/C20H28N4O12S/c21-37(32,33)9-3-1-8(2-4-9)10-5-24(23-22-10)19-16(30)15(29)18(12(7-26)34-19)36-20-17(31)14(28)13(27)11(6-25)35-20/h1-5,11-20,25-31H,6-7H2,(H2,21,32,33)/t11-,12-,13-,14+,15-,16-,17-,18-,19-,20-/m1/s1. The van der Waals surface area contributed by atoms with Gasteiger partial charge in [-0.05, 0) is 12.1 Å². The van der Waals surface area contributed by atoms with Crippen LogP contribution in [0.25, 0.3) is 11.3 Å². The molecule has 9 N–H and O–H groups in total. The molecule has 0 unspecified atom stereocenters. The third kappa shape index (κ3) is 5.53. The molecule has 37 heavy (non-hydrogen) atoms. The zero-order valence-electron chi connectivity index (χ0n) is 19.1. The Kier molecular flexibility index (Phi) is 8.24. The van der Waals surface area contributed by atoms with Gasteiger partial charge in [-0.2, -0.15) is 0 Å². The lowest BCUT2D eigenvalue weighted by Gasteiger charge is -2.45. The van der Waals surface area contributed by atoms with Gasteiger partial charge < -0.3 is 50.0 Å². The number of benzene rings is 1. The Bertz CT molecular complexity index is 1160. The summed E-state index contributed by atoms with van der Waals surface area (Å²) >= 11 is 0. The van der Waals surface area contributed by atoms with Gasteiger partial charge in [0.25, 0.3) is 0 Å². The molecule has 2 aliphatic heterocycles. The van der Waals surface area contributed by atoms with Crippen molar-refractivity contribution >= 4 is 10.0 Å². The second kappa shape index (κ2) is 10.9. The Morgan fingerprint density at radius 3 is 2.14 bits per heavy atom. The number of hydrogen-bond acceptors (Lipinski definition) is 14. The van der Waals surface area contributed by atoms with Gasteiger partial charge >= 0.3 is 0 Å². The third-order valence-electron chi connectivity index (χ3n) is 6.23. The maximum absolute atomic E-state index is 11.4. The fourth-order valence-corrected chi connectivity index (χ4v) is 4.65. The minimum absolute atomic E-state index is 0.103. The van der Waals surface area contributed by atoms with E-state index in [1.807, 2.05) is 0 Å². The van der Waals surface area contributed by atoms with E-state index in [9.17, 15) is 44.2 Å². The molecule has 1 aromatic carbocycles. The summed E-state index contributed by atoms with van der Waals surface area (Å²) in [6, 6.07) is 5.45. The van der Waals surface area contributed by atoms with Crippen molar-refractivity contribution < 1.29 is 58.4 Å². The van der Waals surface area contributed by atoms with Crippen molar-refractivity contribution in [1.82, 2.24) is 15.0 Å². The van der Waals surface area contributed by atoms with Crippen molar-refractivity contribution in [2.75, 3.05) is 13.2 Å². The Morgan fingerprint density at radius 2 is 1.54 bits per heavy atom. The van der Waals surface area contributed by atoms with E-state index in [1.54, 1.807) is 0 Å². The summed E-state index contributed by atoms with van der Waals surface area (Å²) in [6.07, 6.45) is -14.2. The van der Waals surface area contributed by atoms with Gasteiger partial charge in [-0.3, -0.25) is 0 Å². The first kappa shape index (κ1) is 27.9. The monoisotopic (exact) mass is 548 g/mol. The molecule has 10 atom stereocenters. The maximum Gasteiger partial charge on any atom is 0.238 e. The topological polar surface area (TPSA) is 260 Å². The van der Waals surface area contributed by atoms with Gasteiger partial charge in [0.15, 0.2) is 12.5 Å². The van der Waals surface area contributed by atoms with Gasteiger partial charge in [0.2, 0.25) is 10.0 Å². The molecule has 16 nitrogen and oxygen atoms in total. The second-order valence-electron chi connectivity index (χ2n) is 8.68. The van der Waals surface area contributed by atoms with Gasteiger partial charge in [-0.15, -0.1) is 5.10 Å². The molecule has 2 saturated heterocycles. The molecule has 0 radical (unpaired) electrons. The summed E-state index contributed by atoms with van der Waals surface area (Å²) in [5, 5.41) is 83.7. The van der Waals surface area contributed by atoms with Gasteiger partial charge in [0.1, 0.15) is 54.5 Å². The Balaban J connectivity index is 1.50. The summed E-state index contributed by atoms with van der Waals surface area (Å²) in [5.41, 5.74) is 0.735. The fraction of sp³-hybridized carbons (Fsp3) is 0.600. The van der Waals surface area contributed by atoms with Crippen LogP contribution in [-0.2, 0) is 24.2 Å². The highest BCUT2D eigenvalue weighted by Crippen LogP contribution is 2.33. The maximum atomic E-state index is 11.4. The van der Waals surface area contributed by atoms with Crippen LogP contribution in [0.1, 0.15) is 6.23 Å². The zero-order valence-corrected chi connectivity index (χ0v) is 19.9. The molecule has 0 spiro atoms. The van der Waals surface area contributed by atoms with Crippen LogP contribution in [0.5, 0.6) is 0 Å². The molecule has 3 heterocycles. The van der Waals surface area contributed by atoms with Gasteiger partial charge in [-0.1, -0.05) is 17.3 Å². The van der Waals surface area contributed by atoms with E-state index in [4.69, 9.17) is 19.3 Å². The van der Waals surface area contributed by atoms with E-state index in [-0.39, 0.29) is 10.6 Å². The third-order valence-corrected chi connectivity index (χ3v) is 7.16. The van der Waals surface area contributed by atoms with Crippen molar-refractivity contribution in [3.8, 4) is 11.3 Å². The summed E-state index contributed by atoms with van der Waals surface area (Å²) < 4.78 is 40.4. The van der Waals surface area contributed by atoms with E-state index in [1.165, 1.54) is 30.5 Å². The SMILES string of the molecule is NS(=O)(=O)c1ccc(-c2cn([C@@H]3O[C@H](CO)[C@@H](O[C@H]4O[C@H](CO)[C@@H](O)[C@H](O)[C@H]4O)[C@H](O)[C@H]3O)nn2)cc1. The number of sulfonamides is 1. The number of primary sulfonamides is 1. The number of aliphatic hydroxyl groups excluding tert-OH is 7. The highest BCUT2D eigenvalue weighted by molar-refractivity contribution is 7.89. The van der Waals surface area contributed by atoms with E-state index >= 15 is 0 Å². The number of nitrogens with two attached hydrogens (primary N) is 1. The van der Waals surface area contributed by atoms with Crippen molar-refractivity contribution in [2.24, 2.45) is 5.14 Å². The molecule has 4 rings (SSSR count). The minimum Gasteiger partial charge on any atom is -0.394 e. The molecule has 2 aliphatic rings. The number of aromatic nitrogens is 3. The van der Waals surface area contributed by atoms with Crippen molar-refractivity contribution in [3.63, 3.8) is 0 Å². The fourth-order valence-electron chi connectivity index (χ4n) is 4.14. The number of ether oxygens (including phenoxy) is 3. The highest BCUT2D eigenvalue weighted by Gasteiger charge is 2.51. The zero-order chi connectivity index (χ0) is 27.1. The molecule has 1 aromatic heterocycles. The largest absolute Gasteiger partial charge is 0.394 e. The van der Waals surface area contributed by atoms with Crippen LogP contribution in [0.15, 0.2) is 35.4 Å². The van der Waals surface area contributed by atoms with Crippen LogP contribution in [0.2, 0.25) is 0 Å². The molecule has 0 aliphatic carbocycles. The molecular formula is C20H28N4O12S. The summed E-state index contributed by atoms with van der Waals surface area (Å²) in [6.45, 7) is -1.42. The molecule has 0 bridgehead atoms. The van der Waals surface area contributed by atoms with Crippen molar-refractivity contribution in [1.29, 1.82) is 0 Å². The number of hydrogen-bond donors (Lipinski definition) is 8. The smallest absolute Gasteiger partial charge is 0.238 e. The van der Waals surface area contributed by atoms with Crippen LogP contribution in [0.4, 0.5) is 0 Å². The molecule has 2 aromatic rings. The molecular weight excluding hydrogens is 520 g/mol. The van der Waals surface area contributed by atoms with Gasteiger partial charge in [0.05, 0.1) is 24.3 Å². The Hall–Kier alpha value is -2.13. The first-order valence-electron chi connectivity index (χ1n) is 11.1. The lowest BCUT2D eigenvalue weighted by molar-refractivity contribution is -0.347. The number of rotatable bonds is 7. The number of nitrogens with zero attached hydrogens (tertiary/aromatic N) is 3. The van der Waals surface area contributed by atoms with Crippen LogP contribution >= 0.6 is 0 Å². The minimum atomic E-state index is -3.89. The Labute approximate surface area is 210 Å². The first-order valence-corrected chi connectivity index (χ1v) is 12.6. The van der Waals surface area contributed by atoms with Crippen LogP contribution in [-0.4, -0.2) is 127 Å².